The fraction of sp³-hybridized carbons (Fsp3) is 0.467. The molecule has 1 saturated heterocycles. The third-order valence-electron chi connectivity index (χ3n) is 3.71. The molecule has 0 bridgehead atoms. The van der Waals surface area contributed by atoms with E-state index < -0.39 is 0 Å². The normalized spacial score (nSPS) is 20.1. The third kappa shape index (κ3) is 2.89. The van der Waals surface area contributed by atoms with Crippen molar-refractivity contribution in [1.29, 1.82) is 0 Å². The number of benzene rings is 1. The van der Waals surface area contributed by atoms with Crippen LogP contribution in [-0.2, 0) is 4.74 Å². The van der Waals surface area contributed by atoms with E-state index in [0.29, 0.717) is 0 Å². The van der Waals surface area contributed by atoms with Crippen LogP contribution < -0.4 is 5.32 Å². The summed E-state index contributed by atoms with van der Waals surface area (Å²) in [6.45, 7) is 6.86. The Balaban J connectivity index is 1.68. The highest BCUT2D eigenvalue weighted by Crippen LogP contribution is 2.18. The molecule has 2 heterocycles. The molecule has 1 aromatic heterocycles. The Morgan fingerprint density at radius 3 is 3.15 bits per heavy atom. The molecule has 0 saturated carbocycles. The Morgan fingerprint density at radius 1 is 1.35 bits per heavy atom. The van der Waals surface area contributed by atoms with E-state index in [0.717, 1.165) is 49.5 Å². The Labute approximate surface area is 119 Å². The number of hydrogen-bond donors (Lipinski definition) is 1. The lowest BCUT2D eigenvalue weighted by atomic mass is 10.2. The van der Waals surface area contributed by atoms with E-state index >= 15 is 0 Å². The van der Waals surface area contributed by atoms with Crippen LogP contribution in [0.3, 0.4) is 0 Å². The summed E-state index contributed by atoms with van der Waals surface area (Å²) in [6.07, 6.45) is 1.82. The second-order valence-electron chi connectivity index (χ2n) is 5.01. The maximum atomic E-state index is 5.80. The summed E-state index contributed by atoms with van der Waals surface area (Å²) >= 11 is 0. The number of fused-ring (bicyclic) bond motifs is 1. The second kappa shape index (κ2) is 6.15. The highest BCUT2D eigenvalue weighted by Gasteiger charge is 2.19. The number of ether oxygens (including phenoxy) is 1. The minimum atomic E-state index is 0.220. The quantitative estimate of drug-likeness (QED) is 0.919. The molecule has 3 rings (SSSR count). The van der Waals surface area contributed by atoms with Crippen molar-refractivity contribution < 1.29 is 4.74 Å². The van der Waals surface area contributed by atoms with Gasteiger partial charge in [0.1, 0.15) is 12.1 Å². The number of hydrogen-bond acceptors (Lipinski definition) is 5. The average molecular weight is 272 g/mol. The predicted octanol–water partition coefficient (Wildman–Crippen LogP) is 1.76. The van der Waals surface area contributed by atoms with Crippen LogP contribution in [0.2, 0.25) is 0 Å². The number of aromatic nitrogens is 2. The van der Waals surface area contributed by atoms with Gasteiger partial charge in [-0.1, -0.05) is 19.1 Å². The summed E-state index contributed by atoms with van der Waals surface area (Å²) in [6, 6.07) is 8.03. The number of nitrogens with zero attached hydrogens (tertiary/aromatic N) is 3. The van der Waals surface area contributed by atoms with Gasteiger partial charge in [0.2, 0.25) is 0 Å². The van der Waals surface area contributed by atoms with Gasteiger partial charge in [0, 0.05) is 25.0 Å². The third-order valence-corrected chi connectivity index (χ3v) is 3.71. The number of morpholine rings is 1. The SMILES string of the molecule is CCN1CCO[C@H](CNc2ncnc3ccccc23)C1. The average Bonchev–Trinajstić information content (AvgIpc) is 2.53. The smallest absolute Gasteiger partial charge is 0.137 e. The largest absolute Gasteiger partial charge is 0.374 e. The summed E-state index contributed by atoms with van der Waals surface area (Å²) in [7, 11) is 0. The highest BCUT2D eigenvalue weighted by molar-refractivity contribution is 5.88. The van der Waals surface area contributed by atoms with Crippen LogP contribution >= 0.6 is 0 Å². The molecule has 106 valence electrons. The first kappa shape index (κ1) is 13.3. The number of anilines is 1. The monoisotopic (exact) mass is 272 g/mol. The highest BCUT2D eigenvalue weighted by atomic mass is 16.5. The summed E-state index contributed by atoms with van der Waals surface area (Å²) in [5.74, 6) is 0.882. The molecule has 0 aliphatic carbocycles. The van der Waals surface area contributed by atoms with Crippen LogP contribution in [0, 0.1) is 0 Å². The number of likely N-dealkylation sites (N-methyl/N-ethyl adjacent to an activating group) is 1. The van der Waals surface area contributed by atoms with Crippen molar-refractivity contribution >= 4 is 16.7 Å². The van der Waals surface area contributed by atoms with E-state index in [2.05, 4.69) is 27.1 Å². The molecule has 0 radical (unpaired) electrons. The molecule has 1 aromatic carbocycles. The van der Waals surface area contributed by atoms with Crippen molar-refractivity contribution in [3.05, 3.63) is 30.6 Å². The van der Waals surface area contributed by atoms with E-state index in [1.165, 1.54) is 0 Å². The van der Waals surface area contributed by atoms with Crippen molar-refractivity contribution in [3.8, 4) is 0 Å². The van der Waals surface area contributed by atoms with Crippen molar-refractivity contribution in [3.63, 3.8) is 0 Å². The maximum Gasteiger partial charge on any atom is 0.137 e. The predicted molar refractivity (Wildman–Crippen MR) is 79.9 cm³/mol. The van der Waals surface area contributed by atoms with Crippen LogP contribution in [0.25, 0.3) is 10.9 Å². The molecule has 2 aromatic rings. The number of para-hydroxylation sites is 1. The standard InChI is InChI=1S/C15H20N4O/c1-2-19-7-8-20-12(10-19)9-16-15-13-5-3-4-6-14(13)17-11-18-15/h3-6,11-12H,2,7-10H2,1H3,(H,16,17,18)/t12-/m1/s1. The minimum absolute atomic E-state index is 0.220. The van der Waals surface area contributed by atoms with Gasteiger partial charge in [-0.25, -0.2) is 9.97 Å². The Morgan fingerprint density at radius 2 is 2.25 bits per heavy atom. The molecule has 1 aliphatic heterocycles. The van der Waals surface area contributed by atoms with Gasteiger partial charge >= 0.3 is 0 Å². The van der Waals surface area contributed by atoms with Crippen molar-refractivity contribution in [1.82, 2.24) is 14.9 Å². The fourth-order valence-electron chi connectivity index (χ4n) is 2.55. The van der Waals surface area contributed by atoms with Crippen LogP contribution in [-0.4, -0.2) is 53.8 Å². The Kier molecular flexibility index (Phi) is 4.08. The molecule has 0 amide bonds. The van der Waals surface area contributed by atoms with E-state index in [1.54, 1.807) is 6.33 Å². The molecule has 5 nitrogen and oxygen atoms in total. The first-order valence-corrected chi connectivity index (χ1v) is 7.14. The van der Waals surface area contributed by atoms with E-state index in [-0.39, 0.29) is 6.10 Å². The molecule has 1 fully saturated rings. The zero-order chi connectivity index (χ0) is 13.8. The lowest BCUT2D eigenvalue weighted by Gasteiger charge is -2.32. The van der Waals surface area contributed by atoms with E-state index in [9.17, 15) is 0 Å². The molecule has 20 heavy (non-hydrogen) atoms. The van der Waals surface area contributed by atoms with Gasteiger partial charge in [-0.3, -0.25) is 4.90 Å². The van der Waals surface area contributed by atoms with E-state index in [1.807, 2.05) is 24.3 Å². The van der Waals surface area contributed by atoms with Gasteiger partial charge in [-0.05, 0) is 18.7 Å². The summed E-state index contributed by atoms with van der Waals surface area (Å²) < 4.78 is 5.80. The van der Waals surface area contributed by atoms with Crippen LogP contribution in [0.15, 0.2) is 30.6 Å². The Bertz CT molecular complexity index is 569. The van der Waals surface area contributed by atoms with Crippen molar-refractivity contribution in [2.24, 2.45) is 0 Å². The molecular weight excluding hydrogens is 252 g/mol. The summed E-state index contributed by atoms with van der Waals surface area (Å²) in [4.78, 5) is 11.0. The molecule has 0 unspecified atom stereocenters. The topological polar surface area (TPSA) is 50.3 Å². The van der Waals surface area contributed by atoms with Crippen molar-refractivity contribution in [2.75, 3.05) is 38.1 Å². The summed E-state index contributed by atoms with van der Waals surface area (Å²) in [5, 5.41) is 4.45. The number of rotatable bonds is 4. The molecule has 1 aliphatic rings. The van der Waals surface area contributed by atoms with Gasteiger partial charge in [0.15, 0.2) is 0 Å². The number of nitrogens with one attached hydrogen (secondary N) is 1. The minimum Gasteiger partial charge on any atom is -0.374 e. The first-order valence-electron chi connectivity index (χ1n) is 7.14. The van der Waals surface area contributed by atoms with Gasteiger partial charge in [0.25, 0.3) is 0 Å². The van der Waals surface area contributed by atoms with Gasteiger partial charge in [-0.2, -0.15) is 0 Å². The van der Waals surface area contributed by atoms with Crippen LogP contribution in [0.4, 0.5) is 5.82 Å². The second-order valence-corrected chi connectivity index (χ2v) is 5.01. The van der Waals surface area contributed by atoms with Gasteiger partial charge < -0.3 is 10.1 Å². The molecular formula is C15H20N4O. The van der Waals surface area contributed by atoms with E-state index in [4.69, 9.17) is 4.74 Å². The Hall–Kier alpha value is -1.72. The fourth-order valence-corrected chi connectivity index (χ4v) is 2.55. The molecule has 0 spiro atoms. The molecule has 5 heteroatoms. The molecule has 1 atom stereocenters. The van der Waals surface area contributed by atoms with Crippen LogP contribution in [0.1, 0.15) is 6.92 Å². The summed E-state index contributed by atoms with van der Waals surface area (Å²) in [5.41, 5.74) is 0.963. The van der Waals surface area contributed by atoms with Gasteiger partial charge in [-0.15, -0.1) is 0 Å². The first-order chi connectivity index (χ1) is 9.86. The zero-order valence-electron chi connectivity index (χ0n) is 11.7. The lowest BCUT2D eigenvalue weighted by Crippen LogP contribution is -2.45. The maximum absolute atomic E-state index is 5.80. The zero-order valence-corrected chi connectivity index (χ0v) is 11.7. The van der Waals surface area contributed by atoms with Gasteiger partial charge in [0.05, 0.1) is 18.2 Å². The molecule has 1 N–H and O–H groups in total. The van der Waals surface area contributed by atoms with Crippen LogP contribution in [0.5, 0.6) is 0 Å². The van der Waals surface area contributed by atoms with Crippen molar-refractivity contribution in [2.45, 2.75) is 13.0 Å². The lowest BCUT2D eigenvalue weighted by molar-refractivity contribution is -0.0192.